The third-order valence-corrected chi connectivity index (χ3v) is 4.90. The molecular formula is C23H23ClN2. The van der Waals surface area contributed by atoms with Crippen LogP contribution in [-0.2, 0) is 6.54 Å². The Balaban J connectivity index is 0.00000196. The highest BCUT2D eigenvalue weighted by atomic mass is 35.5. The molecule has 1 aliphatic rings. The molecule has 0 aromatic heterocycles. The fourth-order valence-corrected chi connectivity index (χ4v) is 3.64. The second-order valence-electron chi connectivity index (χ2n) is 6.46. The topological polar surface area (TPSA) is 6.48 Å². The van der Waals surface area contributed by atoms with E-state index in [1.54, 1.807) is 0 Å². The Hall–Kier alpha value is -2.71. The van der Waals surface area contributed by atoms with Crippen LogP contribution in [-0.4, -0.2) is 7.05 Å². The lowest BCUT2D eigenvalue weighted by Crippen LogP contribution is -2.33. The zero-order valence-corrected chi connectivity index (χ0v) is 15.7. The van der Waals surface area contributed by atoms with E-state index >= 15 is 0 Å². The number of hydrogen-bond donors (Lipinski definition) is 0. The molecule has 132 valence electrons. The maximum absolute atomic E-state index is 3.86. The summed E-state index contributed by atoms with van der Waals surface area (Å²) in [5, 5.41) is 0. The standard InChI is InChI=1S/C23H22N2.ClH/c1-3-18-13-15-20(16-14-18)23-24(2)21-11-7-8-12-22(21)25(23)17-19-9-5-4-6-10-19;/h3-16,23H,1,17H2,2H3;1H. The van der Waals surface area contributed by atoms with Gasteiger partial charge in [0.25, 0.3) is 0 Å². The van der Waals surface area contributed by atoms with E-state index in [9.17, 15) is 0 Å². The lowest BCUT2D eigenvalue weighted by Gasteiger charge is -2.31. The van der Waals surface area contributed by atoms with Crippen LogP contribution in [0.3, 0.4) is 0 Å². The van der Waals surface area contributed by atoms with Gasteiger partial charge in [0.15, 0.2) is 0 Å². The van der Waals surface area contributed by atoms with Gasteiger partial charge in [0.1, 0.15) is 6.17 Å². The van der Waals surface area contributed by atoms with Crippen LogP contribution in [0.2, 0.25) is 0 Å². The van der Waals surface area contributed by atoms with Crippen LogP contribution in [0.25, 0.3) is 6.08 Å². The lowest BCUT2D eigenvalue weighted by atomic mass is 10.1. The van der Waals surface area contributed by atoms with Gasteiger partial charge in [-0.1, -0.05) is 79.4 Å². The molecule has 3 heteroatoms. The Bertz CT molecular complexity index is 874. The van der Waals surface area contributed by atoms with Crippen molar-refractivity contribution in [3.8, 4) is 0 Å². The zero-order chi connectivity index (χ0) is 17.2. The van der Waals surface area contributed by atoms with Crippen LogP contribution < -0.4 is 9.80 Å². The fourth-order valence-electron chi connectivity index (χ4n) is 3.64. The van der Waals surface area contributed by atoms with Gasteiger partial charge in [0, 0.05) is 13.6 Å². The van der Waals surface area contributed by atoms with Crippen LogP contribution in [0.4, 0.5) is 11.4 Å². The molecule has 0 radical (unpaired) electrons. The molecule has 0 saturated carbocycles. The Morgan fingerprint density at radius 2 is 1.46 bits per heavy atom. The van der Waals surface area contributed by atoms with Crippen LogP contribution in [0, 0.1) is 0 Å². The van der Waals surface area contributed by atoms with Crippen molar-refractivity contribution in [3.63, 3.8) is 0 Å². The summed E-state index contributed by atoms with van der Waals surface area (Å²) in [6.07, 6.45) is 2.08. The highest BCUT2D eigenvalue weighted by molar-refractivity contribution is 5.85. The van der Waals surface area contributed by atoms with Gasteiger partial charge in [-0.3, -0.25) is 0 Å². The highest BCUT2D eigenvalue weighted by Crippen LogP contribution is 2.45. The number of para-hydroxylation sites is 2. The number of anilines is 2. The third kappa shape index (κ3) is 3.21. The molecule has 0 N–H and O–H groups in total. The number of fused-ring (bicyclic) bond motifs is 1. The van der Waals surface area contributed by atoms with Gasteiger partial charge in [0.05, 0.1) is 11.4 Å². The second-order valence-corrected chi connectivity index (χ2v) is 6.46. The number of benzene rings is 3. The van der Waals surface area contributed by atoms with Crippen molar-refractivity contribution in [1.29, 1.82) is 0 Å². The molecule has 0 fully saturated rings. The van der Waals surface area contributed by atoms with Gasteiger partial charge < -0.3 is 9.80 Å². The summed E-state index contributed by atoms with van der Waals surface area (Å²) >= 11 is 0. The monoisotopic (exact) mass is 362 g/mol. The average Bonchev–Trinajstić information content (AvgIpc) is 2.95. The first-order valence-corrected chi connectivity index (χ1v) is 8.63. The van der Waals surface area contributed by atoms with E-state index in [4.69, 9.17) is 0 Å². The van der Waals surface area contributed by atoms with Crippen LogP contribution in [0.5, 0.6) is 0 Å². The van der Waals surface area contributed by atoms with Crippen LogP contribution >= 0.6 is 12.4 Å². The second kappa shape index (κ2) is 7.67. The molecule has 1 atom stereocenters. The van der Waals surface area contributed by atoms with E-state index in [-0.39, 0.29) is 18.6 Å². The smallest absolute Gasteiger partial charge is 0.128 e. The number of nitrogens with zero attached hydrogens (tertiary/aromatic N) is 2. The van der Waals surface area contributed by atoms with Gasteiger partial charge in [-0.2, -0.15) is 0 Å². The fraction of sp³-hybridized carbons (Fsp3) is 0.130. The predicted molar refractivity (Wildman–Crippen MR) is 114 cm³/mol. The quantitative estimate of drug-likeness (QED) is 0.569. The molecular weight excluding hydrogens is 340 g/mol. The summed E-state index contributed by atoms with van der Waals surface area (Å²) in [7, 11) is 2.18. The Kier molecular flexibility index (Phi) is 5.34. The number of hydrogen-bond acceptors (Lipinski definition) is 2. The Morgan fingerprint density at radius 3 is 2.12 bits per heavy atom. The third-order valence-electron chi connectivity index (χ3n) is 4.90. The highest BCUT2D eigenvalue weighted by Gasteiger charge is 2.34. The summed E-state index contributed by atoms with van der Waals surface area (Å²) in [5.74, 6) is 0. The van der Waals surface area contributed by atoms with Crippen molar-refractivity contribution in [1.82, 2.24) is 0 Å². The summed E-state index contributed by atoms with van der Waals surface area (Å²) < 4.78 is 0. The van der Waals surface area contributed by atoms with Crippen molar-refractivity contribution in [3.05, 3.63) is 102 Å². The first kappa shape index (κ1) is 18.1. The number of halogens is 1. The van der Waals surface area contributed by atoms with Gasteiger partial charge in [-0.25, -0.2) is 0 Å². The molecule has 3 aromatic carbocycles. The Morgan fingerprint density at radius 1 is 0.846 bits per heavy atom. The summed E-state index contributed by atoms with van der Waals surface area (Å²) in [5.41, 5.74) is 6.32. The summed E-state index contributed by atoms with van der Waals surface area (Å²) in [4.78, 5) is 4.84. The van der Waals surface area contributed by atoms with E-state index in [2.05, 4.69) is 102 Å². The van der Waals surface area contributed by atoms with Crippen molar-refractivity contribution >= 4 is 29.9 Å². The molecule has 0 saturated heterocycles. The minimum atomic E-state index is 0. The van der Waals surface area contributed by atoms with Gasteiger partial charge >= 0.3 is 0 Å². The van der Waals surface area contributed by atoms with Gasteiger partial charge in [-0.15, -0.1) is 12.4 Å². The van der Waals surface area contributed by atoms with E-state index in [0.29, 0.717) is 0 Å². The van der Waals surface area contributed by atoms with Crippen molar-refractivity contribution < 1.29 is 0 Å². The molecule has 1 aliphatic heterocycles. The molecule has 0 bridgehead atoms. The van der Waals surface area contributed by atoms with E-state index in [1.807, 2.05) is 6.08 Å². The van der Waals surface area contributed by atoms with Crippen LogP contribution in [0.1, 0.15) is 22.9 Å². The molecule has 26 heavy (non-hydrogen) atoms. The molecule has 0 amide bonds. The summed E-state index contributed by atoms with van der Waals surface area (Å²) in [6.45, 7) is 4.74. The van der Waals surface area contributed by atoms with Crippen molar-refractivity contribution in [2.24, 2.45) is 0 Å². The molecule has 1 heterocycles. The SMILES string of the molecule is C=Cc1ccc(C2N(C)c3ccccc3N2Cc2ccccc2)cc1.Cl. The van der Waals surface area contributed by atoms with Gasteiger partial charge in [-0.05, 0) is 28.8 Å². The average molecular weight is 363 g/mol. The predicted octanol–water partition coefficient (Wildman–Crippen LogP) is 5.91. The molecule has 0 aliphatic carbocycles. The van der Waals surface area contributed by atoms with Gasteiger partial charge in [0.2, 0.25) is 0 Å². The molecule has 1 unspecified atom stereocenters. The molecule has 2 nitrogen and oxygen atoms in total. The van der Waals surface area contributed by atoms with Crippen molar-refractivity contribution in [2.45, 2.75) is 12.7 Å². The normalized spacial score (nSPS) is 15.3. The zero-order valence-electron chi connectivity index (χ0n) is 14.9. The van der Waals surface area contributed by atoms with E-state index in [0.717, 1.165) is 12.1 Å². The molecule has 4 rings (SSSR count). The largest absolute Gasteiger partial charge is 0.349 e. The maximum atomic E-state index is 3.86. The van der Waals surface area contributed by atoms with Crippen molar-refractivity contribution in [2.75, 3.05) is 16.8 Å². The molecule has 3 aromatic rings. The minimum absolute atomic E-state index is 0. The summed E-state index contributed by atoms with van der Waals surface area (Å²) in [6, 6.07) is 28.0. The maximum Gasteiger partial charge on any atom is 0.128 e. The molecule has 0 spiro atoms. The lowest BCUT2D eigenvalue weighted by molar-refractivity contribution is 0.642. The first-order valence-electron chi connectivity index (χ1n) is 8.63. The number of rotatable bonds is 4. The Labute approximate surface area is 161 Å². The van der Waals surface area contributed by atoms with Crippen LogP contribution in [0.15, 0.2) is 85.4 Å². The minimum Gasteiger partial charge on any atom is -0.349 e. The first-order chi connectivity index (χ1) is 12.3. The van der Waals surface area contributed by atoms with E-state index < -0.39 is 0 Å². The van der Waals surface area contributed by atoms with E-state index in [1.165, 1.54) is 22.5 Å².